The minimum atomic E-state index is 0. The Morgan fingerprint density at radius 1 is 1.00 bits per heavy atom. The summed E-state index contributed by atoms with van der Waals surface area (Å²) in [5, 5.41) is 5.58. The fourth-order valence-electron chi connectivity index (χ4n) is 2.43. The minimum absolute atomic E-state index is 0. The Balaban J connectivity index is 0.000000630. The van der Waals surface area contributed by atoms with Crippen molar-refractivity contribution in [1.82, 2.24) is 0 Å². The molecule has 4 rings (SSSR count). The van der Waals surface area contributed by atoms with Crippen molar-refractivity contribution in [1.29, 1.82) is 0 Å². The summed E-state index contributed by atoms with van der Waals surface area (Å²) >= 11 is 0. The summed E-state index contributed by atoms with van der Waals surface area (Å²) in [6, 6.07) is 21.8. The van der Waals surface area contributed by atoms with Gasteiger partial charge < -0.3 is 24.8 Å². The van der Waals surface area contributed by atoms with Gasteiger partial charge in [-0.1, -0.05) is 38.9 Å². The summed E-state index contributed by atoms with van der Waals surface area (Å²) < 4.78 is 0. The van der Waals surface area contributed by atoms with Crippen molar-refractivity contribution in [3.8, 4) is 0 Å². The van der Waals surface area contributed by atoms with Crippen molar-refractivity contribution in [2.75, 3.05) is 0 Å². The van der Waals surface area contributed by atoms with Gasteiger partial charge in [0.25, 0.3) is 0 Å². The predicted molar refractivity (Wildman–Crippen MR) is 99.9 cm³/mol. The van der Waals surface area contributed by atoms with Gasteiger partial charge in [0.1, 0.15) is 0 Å². The first kappa shape index (κ1) is 24.4. The van der Waals surface area contributed by atoms with Crippen LogP contribution >= 0.6 is 8.58 Å². The Morgan fingerprint density at radius 3 is 2.32 bits per heavy atom. The number of rotatable bonds is 2. The Kier molecular flexibility index (Phi) is 12.4. The quantitative estimate of drug-likeness (QED) is 0.331. The minimum Gasteiger partial charge on any atom is -1.00 e. The third kappa shape index (κ3) is 7.28. The van der Waals surface area contributed by atoms with Gasteiger partial charge in [-0.3, -0.25) is 6.08 Å². The number of fused-ring (bicyclic) bond motifs is 1. The van der Waals surface area contributed by atoms with Gasteiger partial charge in [0, 0.05) is 0 Å². The molecule has 0 bridgehead atoms. The van der Waals surface area contributed by atoms with Crippen LogP contribution in [0.25, 0.3) is 10.8 Å². The summed E-state index contributed by atoms with van der Waals surface area (Å²) in [6.45, 7) is 2.19. The van der Waals surface area contributed by atoms with Crippen LogP contribution in [0, 0.1) is 13.0 Å². The zero-order valence-corrected chi connectivity index (χ0v) is 18.9. The van der Waals surface area contributed by atoms with E-state index in [9.17, 15) is 0 Å². The van der Waals surface area contributed by atoms with Gasteiger partial charge in [0.2, 0.25) is 0 Å². The Bertz CT molecular complexity index is 778. The number of halogens is 2. The molecule has 0 aromatic heterocycles. The second-order valence-electron chi connectivity index (χ2n) is 5.32. The maximum Gasteiger partial charge on any atom is 4.00 e. The second-order valence-corrected chi connectivity index (χ2v) is 6.68. The van der Waals surface area contributed by atoms with Crippen LogP contribution in [0.5, 0.6) is 0 Å². The molecule has 0 radical (unpaired) electrons. The number of allylic oxidation sites excluding steroid dienone is 4. The summed E-state index contributed by atoms with van der Waals surface area (Å²) in [5.41, 5.74) is 1.39. The largest absolute Gasteiger partial charge is 4.00 e. The average Bonchev–Trinajstić information content (AvgIpc) is 3.21. The predicted octanol–water partition coefficient (Wildman–Crippen LogP) is -1.19. The van der Waals surface area contributed by atoms with Gasteiger partial charge >= 0.3 is 26.2 Å². The summed E-state index contributed by atoms with van der Waals surface area (Å²) in [4.78, 5) is 0. The van der Waals surface area contributed by atoms with Gasteiger partial charge in [-0.15, -0.1) is 46.8 Å². The molecule has 1 aliphatic rings. The molecule has 0 saturated heterocycles. The normalized spacial score (nSPS) is 11.4. The first-order valence-corrected chi connectivity index (χ1v) is 8.53. The molecule has 4 heteroatoms. The van der Waals surface area contributed by atoms with Crippen LogP contribution in [0.4, 0.5) is 0 Å². The van der Waals surface area contributed by atoms with Crippen molar-refractivity contribution < 1.29 is 51.0 Å². The van der Waals surface area contributed by atoms with Gasteiger partial charge in [0.15, 0.2) is 0 Å². The monoisotopic (exact) mass is 462 g/mol. The van der Waals surface area contributed by atoms with Crippen molar-refractivity contribution in [3.05, 3.63) is 90.5 Å². The Morgan fingerprint density at radius 2 is 1.72 bits per heavy atom. The molecule has 3 aromatic rings. The van der Waals surface area contributed by atoms with Crippen molar-refractivity contribution in [2.45, 2.75) is 13.3 Å². The van der Waals surface area contributed by atoms with E-state index in [2.05, 4.69) is 79.7 Å². The molecule has 0 spiro atoms. The molecule has 1 unspecified atom stereocenters. The Hall–Kier alpha value is -0.577. The third-order valence-electron chi connectivity index (χ3n) is 3.63. The number of hydrogen-bond acceptors (Lipinski definition) is 0. The fourth-order valence-corrected chi connectivity index (χ4v) is 3.66. The second kappa shape index (κ2) is 12.7. The molecule has 126 valence electrons. The van der Waals surface area contributed by atoms with Crippen LogP contribution in [0.1, 0.15) is 12.0 Å². The van der Waals surface area contributed by atoms with E-state index in [1.54, 1.807) is 0 Å². The zero-order chi connectivity index (χ0) is 15.2. The van der Waals surface area contributed by atoms with Gasteiger partial charge in [-0.2, -0.15) is 12.1 Å². The smallest absolute Gasteiger partial charge is 1.00 e. The van der Waals surface area contributed by atoms with Crippen LogP contribution in [0.3, 0.4) is 0 Å². The van der Waals surface area contributed by atoms with Crippen LogP contribution in [-0.4, -0.2) is 0 Å². The van der Waals surface area contributed by atoms with Gasteiger partial charge in [-0.25, -0.2) is 12.2 Å². The van der Waals surface area contributed by atoms with E-state index in [1.807, 2.05) is 12.2 Å². The molecule has 0 saturated carbocycles. The zero-order valence-electron chi connectivity index (χ0n) is 14.0. The molecule has 0 nitrogen and oxygen atoms in total. The fraction of sp³-hybridized carbons (Fsp3) is 0.0952. The molecule has 0 fully saturated rings. The maximum atomic E-state index is 2.99. The van der Waals surface area contributed by atoms with Crippen molar-refractivity contribution in [2.24, 2.45) is 0 Å². The molecule has 1 aliphatic carbocycles. The molecule has 25 heavy (non-hydrogen) atoms. The summed E-state index contributed by atoms with van der Waals surface area (Å²) in [5.74, 6) is 0. The molecule has 0 amide bonds. The molecule has 0 aliphatic heterocycles. The first-order chi connectivity index (χ1) is 10.8. The Labute approximate surface area is 183 Å². The molecular formula is C21H19Cl2PZr. The van der Waals surface area contributed by atoms with Crippen molar-refractivity contribution >= 4 is 30.0 Å². The topological polar surface area (TPSA) is 0 Å². The van der Waals surface area contributed by atoms with Crippen LogP contribution in [-0.2, 0) is 26.2 Å². The van der Waals surface area contributed by atoms with E-state index in [0.717, 1.165) is 15.0 Å². The molecule has 0 N–H and O–H groups in total. The number of benzene rings is 2. The number of aryl methyl sites for hydroxylation is 1. The van der Waals surface area contributed by atoms with E-state index in [0.29, 0.717) is 0 Å². The molecular weight excluding hydrogens is 445 g/mol. The molecule has 3 aromatic carbocycles. The molecule has 1 atom stereocenters. The van der Waals surface area contributed by atoms with E-state index < -0.39 is 0 Å². The van der Waals surface area contributed by atoms with Gasteiger partial charge in [-0.05, 0) is 17.8 Å². The molecule has 0 heterocycles. The third-order valence-corrected chi connectivity index (χ3v) is 5.04. The first-order valence-electron chi connectivity index (χ1n) is 7.53. The van der Waals surface area contributed by atoms with Crippen molar-refractivity contribution in [3.63, 3.8) is 0 Å². The SMILES string of the molecule is Cc1ccccc1Pc1cc2ccccc2[cH-]1.[C-]1=CC=CC1.[Cl-].[Cl-].[Zr+4]. The summed E-state index contributed by atoms with van der Waals surface area (Å²) in [6.07, 6.45) is 10.0. The summed E-state index contributed by atoms with van der Waals surface area (Å²) in [7, 11) is 0.759. The van der Waals surface area contributed by atoms with Crippen LogP contribution in [0.2, 0.25) is 0 Å². The van der Waals surface area contributed by atoms with E-state index in [4.69, 9.17) is 0 Å². The van der Waals surface area contributed by atoms with Crippen LogP contribution in [0.15, 0.2) is 78.9 Å². The number of hydrogen-bond donors (Lipinski definition) is 0. The van der Waals surface area contributed by atoms with E-state index >= 15 is 0 Å². The average molecular weight is 464 g/mol. The van der Waals surface area contributed by atoms with Crippen LogP contribution < -0.4 is 35.4 Å². The van der Waals surface area contributed by atoms with Gasteiger partial charge in [0.05, 0.1) is 0 Å². The van der Waals surface area contributed by atoms with E-state index in [1.165, 1.54) is 26.9 Å². The maximum absolute atomic E-state index is 2.99. The standard InChI is InChI=1S/C16H14P.C5H5.2ClH.Zr/c1-12-6-2-5-9-16(12)17-15-10-13-7-3-4-8-14(13)11-15;1-2-4-5-3-1;;;/h2-11,17H,1H3;1-3H,4H2;2*1H;/q2*-1;;;+4/p-2. The van der Waals surface area contributed by atoms with E-state index in [-0.39, 0.29) is 51.0 Å².